The molecule has 0 aliphatic heterocycles. The number of thiophene rings is 1. The molecule has 2 nitrogen and oxygen atoms in total. The van der Waals surface area contributed by atoms with Gasteiger partial charge in [0.2, 0.25) is 0 Å². The normalized spacial score (nSPS) is 12.5. The first-order chi connectivity index (χ1) is 8.97. The number of hydrogen-bond acceptors (Lipinski definition) is 3. The number of aliphatic hydroxyl groups excluding tert-OH is 1. The lowest BCUT2D eigenvalue weighted by atomic mass is 10.1. The van der Waals surface area contributed by atoms with Gasteiger partial charge in [-0.2, -0.15) is 0 Å². The lowest BCUT2D eigenvalue weighted by molar-refractivity contribution is 0.199. The third-order valence-corrected chi connectivity index (χ3v) is 4.87. The fourth-order valence-electron chi connectivity index (χ4n) is 1.85. The molecule has 1 aromatic heterocycles. The molecule has 0 amide bonds. The largest absolute Gasteiger partial charge is 0.389 e. The van der Waals surface area contributed by atoms with Crippen LogP contribution in [0.4, 0.5) is 5.69 Å². The van der Waals surface area contributed by atoms with E-state index in [1.807, 2.05) is 25.2 Å². The maximum absolute atomic E-state index is 9.54. The van der Waals surface area contributed by atoms with Gasteiger partial charge < -0.3 is 10.0 Å². The summed E-state index contributed by atoms with van der Waals surface area (Å²) in [5, 5.41) is 12.3. The first kappa shape index (κ1) is 14.9. The zero-order valence-corrected chi connectivity index (χ0v) is 13.9. The molecule has 0 radical (unpaired) electrons. The molecular weight excluding hydrogens is 346 g/mol. The lowest BCUT2D eigenvalue weighted by Crippen LogP contribution is -2.16. The van der Waals surface area contributed by atoms with Gasteiger partial charge in [0.1, 0.15) is 0 Å². The second kappa shape index (κ2) is 6.27. The molecule has 0 spiro atoms. The summed E-state index contributed by atoms with van der Waals surface area (Å²) < 4.78 is 1.11. The number of halogens is 2. The van der Waals surface area contributed by atoms with Crippen molar-refractivity contribution in [1.82, 2.24) is 0 Å². The molecule has 0 fully saturated rings. The van der Waals surface area contributed by atoms with Crippen molar-refractivity contribution in [2.24, 2.45) is 0 Å². The molecule has 0 aliphatic rings. The smallest absolute Gasteiger partial charge is 0.0762 e. The van der Waals surface area contributed by atoms with Gasteiger partial charge in [0.15, 0.2) is 0 Å². The van der Waals surface area contributed by atoms with Gasteiger partial charge in [-0.15, -0.1) is 11.3 Å². The molecular formula is C14H15BrClNOS. The van der Waals surface area contributed by atoms with Gasteiger partial charge in [0.25, 0.3) is 0 Å². The fourth-order valence-corrected chi connectivity index (χ4v) is 3.68. The first-order valence-corrected chi connectivity index (χ1v) is 7.94. The maximum atomic E-state index is 9.54. The molecule has 5 heteroatoms. The molecule has 2 rings (SSSR count). The maximum Gasteiger partial charge on any atom is 0.0762 e. The van der Waals surface area contributed by atoms with Crippen LogP contribution in [0.1, 0.15) is 23.5 Å². The quantitative estimate of drug-likeness (QED) is 0.842. The molecule has 102 valence electrons. The van der Waals surface area contributed by atoms with E-state index >= 15 is 0 Å². The standard InChI is InChI=1S/C14H15BrClNOS/c1-9(18)10-3-4-14(13(16)5-10)17(2)7-12-6-11(15)8-19-12/h3-6,8-9,18H,7H2,1-2H3/t9-/m0/s1. The van der Waals surface area contributed by atoms with Crippen LogP contribution in [0.2, 0.25) is 5.02 Å². The molecule has 0 saturated heterocycles. The van der Waals surface area contributed by atoms with Crippen LogP contribution < -0.4 is 4.90 Å². The van der Waals surface area contributed by atoms with Gasteiger partial charge in [-0.25, -0.2) is 0 Å². The monoisotopic (exact) mass is 359 g/mol. The third kappa shape index (κ3) is 3.72. The number of benzene rings is 1. The Morgan fingerprint density at radius 2 is 2.16 bits per heavy atom. The van der Waals surface area contributed by atoms with Gasteiger partial charge in [0, 0.05) is 21.8 Å². The summed E-state index contributed by atoms with van der Waals surface area (Å²) in [6, 6.07) is 7.79. The highest BCUT2D eigenvalue weighted by molar-refractivity contribution is 9.10. The van der Waals surface area contributed by atoms with E-state index in [1.165, 1.54) is 4.88 Å². The van der Waals surface area contributed by atoms with Crippen molar-refractivity contribution in [2.45, 2.75) is 19.6 Å². The van der Waals surface area contributed by atoms with Crippen molar-refractivity contribution in [3.05, 3.63) is 49.6 Å². The molecule has 1 atom stereocenters. The molecule has 0 saturated carbocycles. The predicted molar refractivity (Wildman–Crippen MR) is 86.2 cm³/mol. The second-order valence-electron chi connectivity index (χ2n) is 4.47. The summed E-state index contributed by atoms with van der Waals surface area (Å²) in [5.41, 5.74) is 1.80. The highest BCUT2D eigenvalue weighted by Gasteiger charge is 2.10. The number of hydrogen-bond donors (Lipinski definition) is 1. The molecule has 19 heavy (non-hydrogen) atoms. The highest BCUT2D eigenvalue weighted by atomic mass is 79.9. The Balaban J connectivity index is 2.17. The minimum Gasteiger partial charge on any atom is -0.389 e. The Labute approximate surface area is 130 Å². The molecule has 1 aromatic carbocycles. The summed E-state index contributed by atoms with van der Waals surface area (Å²) >= 11 is 11.5. The van der Waals surface area contributed by atoms with Crippen LogP contribution in [0.3, 0.4) is 0 Å². The number of aliphatic hydroxyl groups is 1. The lowest BCUT2D eigenvalue weighted by Gasteiger charge is -2.20. The molecule has 0 aliphatic carbocycles. The van der Waals surface area contributed by atoms with E-state index in [1.54, 1.807) is 18.3 Å². The SMILES string of the molecule is C[C@H](O)c1ccc(N(C)Cc2cc(Br)cs2)c(Cl)c1. The fraction of sp³-hybridized carbons (Fsp3) is 0.286. The summed E-state index contributed by atoms with van der Waals surface area (Å²) in [4.78, 5) is 3.37. The summed E-state index contributed by atoms with van der Waals surface area (Å²) in [7, 11) is 2.01. The van der Waals surface area contributed by atoms with Crippen LogP contribution in [0.5, 0.6) is 0 Å². The van der Waals surface area contributed by atoms with Crippen molar-refractivity contribution in [2.75, 3.05) is 11.9 Å². The molecule has 1 heterocycles. The van der Waals surface area contributed by atoms with Crippen LogP contribution in [0.15, 0.2) is 34.1 Å². The van der Waals surface area contributed by atoms with Crippen LogP contribution in [-0.4, -0.2) is 12.2 Å². The first-order valence-electron chi connectivity index (χ1n) is 5.89. The third-order valence-electron chi connectivity index (χ3n) is 2.88. The zero-order valence-electron chi connectivity index (χ0n) is 10.7. The average molecular weight is 361 g/mol. The average Bonchev–Trinajstić information content (AvgIpc) is 2.74. The Kier molecular flexibility index (Phi) is 4.90. The number of anilines is 1. The minimum atomic E-state index is -0.495. The van der Waals surface area contributed by atoms with E-state index in [0.717, 1.165) is 22.3 Å². The van der Waals surface area contributed by atoms with Crippen LogP contribution in [0.25, 0.3) is 0 Å². The molecule has 1 N–H and O–H groups in total. The van der Waals surface area contributed by atoms with E-state index in [2.05, 4.69) is 32.3 Å². The minimum absolute atomic E-state index is 0.495. The van der Waals surface area contributed by atoms with Crippen LogP contribution in [-0.2, 0) is 6.54 Å². The van der Waals surface area contributed by atoms with Gasteiger partial charge >= 0.3 is 0 Å². The summed E-state index contributed by atoms with van der Waals surface area (Å²) in [6.07, 6.45) is -0.495. The predicted octanol–water partition coefficient (Wildman–Crippen LogP) is 4.85. The van der Waals surface area contributed by atoms with Crippen molar-refractivity contribution in [1.29, 1.82) is 0 Å². The highest BCUT2D eigenvalue weighted by Crippen LogP contribution is 2.30. The van der Waals surface area contributed by atoms with E-state index in [0.29, 0.717) is 5.02 Å². The number of rotatable bonds is 4. The molecule has 0 unspecified atom stereocenters. The Morgan fingerprint density at radius 3 is 2.68 bits per heavy atom. The van der Waals surface area contributed by atoms with Gasteiger partial charge in [-0.3, -0.25) is 0 Å². The van der Waals surface area contributed by atoms with Crippen molar-refractivity contribution < 1.29 is 5.11 Å². The van der Waals surface area contributed by atoms with E-state index in [-0.39, 0.29) is 0 Å². The Hall–Kier alpha value is -0.550. The van der Waals surface area contributed by atoms with Crippen LogP contribution in [0, 0.1) is 0 Å². The van der Waals surface area contributed by atoms with Crippen molar-refractivity contribution in [3.8, 4) is 0 Å². The van der Waals surface area contributed by atoms with Gasteiger partial charge in [-0.1, -0.05) is 17.7 Å². The van der Waals surface area contributed by atoms with Crippen LogP contribution >= 0.6 is 38.9 Å². The second-order valence-corrected chi connectivity index (χ2v) is 6.79. The number of nitrogens with zero attached hydrogens (tertiary/aromatic N) is 1. The Bertz CT molecular complexity index is 570. The molecule has 0 bridgehead atoms. The summed E-state index contributed by atoms with van der Waals surface area (Å²) in [6.45, 7) is 2.54. The zero-order chi connectivity index (χ0) is 14.0. The molecule has 2 aromatic rings. The van der Waals surface area contributed by atoms with Crippen molar-refractivity contribution in [3.63, 3.8) is 0 Å². The van der Waals surface area contributed by atoms with Gasteiger partial charge in [0.05, 0.1) is 23.4 Å². The Morgan fingerprint density at radius 1 is 1.42 bits per heavy atom. The van der Waals surface area contributed by atoms with E-state index < -0.39 is 6.10 Å². The van der Waals surface area contributed by atoms with E-state index in [9.17, 15) is 5.11 Å². The topological polar surface area (TPSA) is 23.5 Å². The van der Waals surface area contributed by atoms with E-state index in [4.69, 9.17) is 11.6 Å². The summed E-state index contributed by atoms with van der Waals surface area (Å²) in [5.74, 6) is 0. The van der Waals surface area contributed by atoms with Gasteiger partial charge in [-0.05, 0) is 46.6 Å². The van der Waals surface area contributed by atoms with Crippen molar-refractivity contribution >= 4 is 44.6 Å².